The van der Waals surface area contributed by atoms with Crippen molar-refractivity contribution in [3.63, 3.8) is 0 Å². The molecule has 4 nitrogen and oxygen atoms in total. The van der Waals surface area contributed by atoms with Crippen molar-refractivity contribution >= 4 is 17.3 Å². The Bertz CT molecular complexity index is 484. The van der Waals surface area contributed by atoms with Gasteiger partial charge < -0.3 is 15.4 Å². The first-order valence-electron chi connectivity index (χ1n) is 8.04. The van der Waals surface area contributed by atoms with Crippen molar-refractivity contribution < 1.29 is 4.74 Å². The highest BCUT2D eigenvalue weighted by atomic mass is 35.5. The molecule has 22 heavy (non-hydrogen) atoms. The highest BCUT2D eigenvalue weighted by Gasteiger charge is 2.34. The Kier molecular flexibility index (Phi) is 6.21. The highest BCUT2D eigenvalue weighted by molar-refractivity contribution is 6.22. The molecule has 0 radical (unpaired) electrons. The van der Waals surface area contributed by atoms with E-state index >= 15 is 0 Å². The van der Waals surface area contributed by atoms with Gasteiger partial charge in [-0.2, -0.15) is 0 Å². The van der Waals surface area contributed by atoms with Crippen LogP contribution >= 0.6 is 11.6 Å². The number of allylic oxidation sites excluding steroid dienone is 4. The molecule has 2 aliphatic rings. The molecule has 2 rings (SSSR count). The molecule has 2 N–H and O–H groups in total. The molecule has 4 atom stereocenters. The zero-order chi connectivity index (χ0) is 16.3. The third-order valence-electron chi connectivity index (χ3n) is 4.41. The number of halogens is 1. The van der Waals surface area contributed by atoms with Crippen LogP contribution < -0.4 is 5.73 Å². The predicted molar refractivity (Wildman–Crippen MR) is 93.6 cm³/mol. The van der Waals surface area contributed by atoms with E-state index < -0.39 is 0 Å². The van der Waals surface area contributed by atoms with Crippen molar-refractivity contribution in [2.24, 2.45) is 10.7 Å². The molecule has 0 aromatic carbocycles. The van der Waals surface area contributed by atoms with Gasteiger partial charge in [-0.25, -0.2) is 0 Å². The second kappa shape index (κ2) is 7.73. The lowest BCUT2D eigenvalue weighted by atomic mass is 9.86. The van der Waals surface area contributed by atoms with Crippen LogP contribution in [0.25, 0.3) is 0 Å². The second-order valence-corrected chi connectivity index (χ2v) is 6.98. The van der Waals surface area contributed by atoms with Gasteiger partial charge in [0.2, 0.25) is 0 Å². The molecule has 1 fully saturated rings. The summed E-state index contributed by atoms with van der Waals surface area (Å²) in [5, 5.41) is -0.0403. The van der Waals surface area contributed by atoms with Crippen molar-refractivity contribution in [3.8, 4) is 0 Å². The van der Waals surface area contributed by atoms with Gasteiger partial charge in [0.1, 0.15) is 0 Å². The molecule has 4 unspecified atom stereocenters. The van der Waals surface area contributed by atoms with Gasteiger partial charge in [-0.3, -0.25) is 4.99 Å². The molecule has 0 aliphatic heterocycles. The van der Waals surface area contributed by atoms with Crippen LogP contribution in [-0.4, -0.2) is 54.9 Å². The molecular weight excluding hydrogens is 298 g/mol. The van der Waals surface area contributed by atoms with E-state index in [9.17, 15) is 0 Å². The fourth-order valence-electron chi connectivity index (χ4n) is 3.13. The molecule has 124 valence electrons. The van der Waals surface area contributed by atoms with Crippen LogP contribution in [0.1, 0.15) is 33.1 Å². The largest absolute Gasteiger partial charge is 0.376 e. The Morgan fingerprint density at radius 3 is 2.68 bits per heavy atom. The van der Waals surface area contributed by atoms with Crippen LogP contribution in [0.5, 0.6) is 0 Å². The molecule has 0 heterocycles. The number of hydrogen-bond acceptors (Lipinski definition) is 4. The van der Waals surface area contributed by atoms with Gasteiger partial charge in [-0.15, -0.1) is 11.6 Å². The number of aliphatic imine (C=N–C) groups is 1. The minimum Gasteiger partial charge on any atom is -0.376 e. The predicted octanol–water partition coefficient (Wildman–Crippen LogP) is 2.73. The fourth-order valence-corrected chi connectivity index (χ4v) is 3.49. The Morgan fingerprint density at radius 2 is 2.09 bits per heavy atom. The van der Waals surface area contributed by atoms with E-state index in [0.717, 1.165) is 30.7 Å². The first kappa shape index (κ1) is 17.7. The molecular formula is C17H28ClN3O. The molecule has 0 bridgehead atoms. The van der Waals surface area contributed by atoms with Crippen molar-refractivity contribution in [2.45, 2.75) is 56.7 Å². The van der Waals surface area contributed by atoms with Gasteiger partial charge in [-0.1, -0.05) is 11.6 Å². The van der Waals surface area contributed by atoms with Crippen LogP contribution in [0.4, 0.5) is 0 Å². The summed E-state index contributed by atoms with van der Waals surface area (Å²) in [6, 6.07) is 0.309. The Balaban J connectivity index is 2.25. The smallest absolute Gasteiger partial charge is 0.0794 e. The van der Waals surface area contributed by atoms with E-state index in [2.05, 4.69) is 32.0 Å². The summed E-state index contributed by atoms with van der Waals surface area (Å²) in [6.07, 6.45) is 6.71. The van der Waals surface area contributed by atoms with E-state index in [1.807, 2.05) is 13.0 Å². The SMILES string of the molecule is CCOC1CC(=NC2=CC=C(C)CC2Cl)C(N(C)C)CC1N. The van der Waals surface area contributed by atoms with Crippen LogP contribution in [0.15, 0.2) is 28.4 Å². The lowest BCUT2D eigenvalue weighted by Crippen LogP contribution is -2.52. The number of nitrogens with two attached hydrogens (primary N) is 1. The molecule has 2 aliphatic carbocycles. The molecule has 0 aromatic heterocycles. The number of hydrogen-bond donors (Lipinski definition) is 1. The maximum absolute atomic E-state index is 6.46. The lowest BCUT2D eigenvalue weighted by molar-refractivity contribution is 0.0351. The quantitative estimate of drug-likeness (QED) is 0.809. The summed E-state index contributed by atoms with van der Waals surface area (Å²) in [7, 11) is 4.15. The average Bonchev–Trinajstić information content (AvgIpc) is 2.45. The third kappa shape index (κ3) is 4.19. The van der Waals surface area contributed by atoms with Gasteiger partial charge in [-0.05, 0) is 46.9 Å². The van der Waals surface area contributed by atoms with Gasteiger partial charge in [0.15, 0.2) is 0 Å². The van der Waals surface area contributed by atoms with Gasteiger partial charge in [0.25, 0.3) is 0 Å². The van der Waals surface area contributed by atoms with Gasteiger partial charge in [0.05, 0.1) is 17.2 Å². The molecule has 5 heteroatoms. The highest BCUT2D eigenvalue weighted by Crippen LogP contribution is 2.28. The van der Waals surface area contributed by atoms with E-state index in [1.54, 1.807) is 0 Å². The van der Waals surface area contributed by atoms with Gasteiger partial charge >= 0.3 is 0 Å². The van der Waals surface area contributed by atoms with E-state index in [4.69, 9.17) is 27.1 Å². The van der Waals surface area contributed by atoms with Crippen molar-refractivity contribution in [2.75, 3.05) is 20.7 Å². The Labute approximate surface area is 139 Å². The number of alkyl halides is 1. The summed E-state index contributed by atoms with van der Waals surface area (Å²) in [6.45, 7) is 4.79. The molecule has 0 aromatic rings. The maximum Gasteiger partial charge on any atom is 0.0794 e. The number of rotatable bonds is 4. The maximum atomic E-state index is 6.46. The van der Waals surface area contributed by atoms with Crippen LogP contribution in [0.3, 0.4) is 0 Å². The molecule has 0 amide bonds. The summed E-state index contributed by atoms with van der Waals surface area (Å²) in [5.41, 5.74) is 9.67. The second-order valence-electron chi connectivity index (χ2n) is 6.46. The number of nitrogens with zero attached hydrogens (tertiary/aromatic N) is 2. The topological polar surface area (TPSA) is 50.8 Å². The normalized spacial score (nSPS) is 34.8. The van der Waals surface area contributed by atoms with E-state index in [1.165, 1.54) is 5.57 Å². The molecule has 1 saturated carbocycles. The average molecular weight is 326 g/mol. The van der Waals surface area contributed by atoms with Crippen LogP contribution in [-0.2, 0) is 4.74 Å². The molecule has 0 saturated heterocycles. The summed E-state index contributed by atoms with van der Waals surface area (Å²) in [5.74, 6) is 0. The Hall–Kier alpha value is -0.680. The van der Waals surface area contributed by atoms with Crippen molar-refractivity contribution in [3.05, 3.63) is 23.4 Å². The Morgan fingerprint density at radius 1 is 1.36 bits per heavy atom. The number of ether oxygens (including phenoxy) is 1. The zero-order valence-corrected chi connectivity index (χ0v) is 14.8. The van der Waals surface area contributed by atoms with Crippen LogP contribution in [0.2, 0.25) is 0 Å². The van der Waals surface area contributed by atoms with Crippen molar-refractivity contribution in [1.29, 1.82) is 0 Å². The third-order valence-corrected chi connectivity index (χ3v) is 4.78. The summed E-state index contributed by atoms with van der Waals surface area (Å²) >= 11 is 6.46. The monoisotopic (exact) mass is 325 g/mol. The minimum atomic E-state index is -0.0403. The van der Waals surface area contributed by atoms with Crippen LogP contribution in [0, 0.1) is 0 Å². The standard InChI is InChI=1S/C17H28ClN3O/c1-5-22-17-10-15(16(21(3)4)9-13(17)19)20-14-7-6-11(2)8-12(14)18/h6-7,12-13,16-17H,5,8-10,19H2,1-4H3. The minimum absolute atomic E-state index is 0.0403. The fraction of sp³-hybridized carbons (Fsp3) is 0.706. The first-order chi connectivity index (χ1) is 10.4. The molecule has 0 spiro atoms. The van der Waals surface area contributed by atoms with Crippen molar-refractivity contribution in [1.82, 2.24) is 4.90 Å². The zero-order valence-electron chi connectivity index (χ0n) is 14.1. The summed E-state index contributed by atoms with van der Waals surface area (Å²) < 4.78 is 5.80. The van der Waals surface area contributed by atoms with E-state index in [0.29, 0.717) is 6.61 Å². The first-order valence-corrected chi connectivity index (χ1v) is 8.48. The van der Waals surface area contributed by atoms with Gasteiger partial charge in [0, 0.05) is 30.8 Å². The summed E-state index contributed by atoms with van der Waals surface area (Å²) in [4.78, 5) is 7.09. The van der Waals surface area contributed by atoms with E-state index in [-0.39, 0.29) is 23.6 Å². The lowest BCUT2D eigenvalue weighted by Gasteiger charge is -2.38.